The molecule has 0 unspecified atom stereocenters. The molecule has 0 aliphatic carbocycles. The van der Waals surface area contributed by atoms with Crippen LogP contribution in [0.1, 0.15) is 20.9 Å². The van der Waals surface area contributed by atoms with Crippen molar-refractivity contribution in [2.24, 2.45) is 0 Å². The lowest BCUT2D eigenvalue weighted by atomic mass is 10.2. The minimum Gasteiger partial charge on any atom is -0.478 e. The standard InChI is InChI=1S/C15H11N3O3S/c1-9-13(22-8-17-9)6-11(7-16)14(19)18-12-4-2-10(3-5-12)15(20)21/h2-6,8H,1H3,(H,18,19)(H,20,21)/b11-6-. The third kappa shape index (κ3) is 3.56. The van der Waals surface area contributed by atoms with Crippen LogP contribution >= 0.6 is 11.3 Å². The summed E-state index contributed by atoms with van der Waals surface area (Å²) in [4.78, 5) is 27.6. The molecule has 1 heterocycles. The van der Waals surface area contributed by atoms with E-state index in [0.29, 0.717) is 5.69 Å². The first-order chi connectivity index (χ1) is 10.5. The van der Waals surface area contributed by atoms with Crippen LogP contribution in [0.5, 0.6) is 0 Å². The van der Waals surface area contributed by atoms with Crippen molar-refractivity contribution in [2.45, 2.75) is 6.92 Å². The molecule has 0 spiro atoms. The zero-order valence-corrected chi connectivity index (χ0v) is 12.3. The largest absolute Gasteiger partial charge is 0.478 e. The fraction of sp³-hybridized carbons (Fsp3) is 0.0667. The molecule has 0 bridgehead atoms. The van der Waals surface area contributed by atoms with E-state index in [9.17, 15) is 9.59 Å². The molecule has 2 N–H and O–H groups in total. The molecule has 22 heavy (non-hydrogen) atoms. The second-order valence-corrected chi connectivity index (χ2v) is 5.19. The molecule has 1 amide bonds. The molecular formula is C15H11N3O3S. The number of carbonyl (C=O) groups is 2. The molecule has 0 aliphatic heterocycles. The van der Waals surface area contributed by atoms with Gasteiger partial charge in [0.15, 0.2) is 0 Å². The Morgan fingerprint density at radius 3 is 2.55 bits per heavy atom. The van der Waals surface area contributed by atoms with E-state index in [1.165, 1.54) is 41.7 Å². The minimum atomic E-state index is -1.05. The van der Waals surface area contributed by atoms with E-state index in [-0.39, 0.29) is 11.1 Å². The predicted molar refractivity (Wildman–Crippen MR) is 82.5 cm³/mol. The van der Waals surface area contributed by atoms with E-state index in [4.69, 9.17) is 10.4 Å². The lowest BCUT2D eigenvalue weighted by molar-refractivity contribution is -0.112. The van der Waals surface area contributed by atoms with Crippen molar-refractivity contribution in [3.63, 3.8) is 0 Å². The Kier molecular flexibility index (Phi) is 4.66. The van der Waals surface area contributed by atoms with Crippen LogP contribution in [-0.4, -0.2) is 22.0 Å². The van der Waals surface area contributed by atoms with Gasteiger partial charge in [-0.3, -0.25) is 4.79 Å². The molecule has 7 heteroatoms. The smallest absolute Gasteiger partial charge is 0.335 e. The molecule has 0 saturated carbocycles. The number of benzene rings is 1. The first-order valence-electron chi connectivity index (χ1n) is 6.18. The number of aromatic carboxylic acids is 1. The summed E-state index contributed by atoms with van der Waals surface area (Å²) in [6.45, 7) is 1.79. The summed E-state index contributed by atoms with van der Waals surface area (Å²) in [5, 5.41) is 20.5. The minimum absolute atomic E-state index is 0.0466. The van der Waals surface area contributed by atoms with Crippen molar-refractivity contribution in [1.29, 1.82) is 5.26 Å². The number of aryl methyl sites for hydroxylation is 1. The predicted octanol–water partition coefficient (Wildman–Crippen LogP) is 2.70. The third-order valence-corrected chi connectivity index (χ3v) is 3.69. The first-order valence-corrected chi connectivity index (χ1v) is 7.06. The van der Waals surface area contributed by atoms with Gasteiger partial charge in [-0.1, -0.05) is 0 Å². The monoisotopic (exact) mass is 313 g/mol. The van der Waals surface area contributed by atoms with Crippen LogP contribution in [0.15, 0.2) is 35.3 Å². The first kappa shape index (κ1) is 15.4. The summed E-state index contributed by atoms with van der Waals surface area (Å²) in [7, 11) is 0. The molecule has 0 atom stereocenters. The van der Waals surface area contributed by atoms with Crippen molar-refractivity contribution in [2.75, 3.05) is 5.32 Å². The highest BCUT2D eigenvalue weighted by Crippen LogP contribution is 2.17. The number of thiazole rings is 1. The maximum absolute atomic E-state index is 12.1. The summed E-state index contributed by atoms with van der Waals surface area (Å²) in [5.41, 5.74) is 2.87. The third-order valence-electron chi connectivity index (χ3n) is 2.81. The number of nitrogens with one attached hydrogen (secondary N) is 1. The molecular weight excluding hydrogens is 302 g/mol. The number of carboxylic acid groups (broad SMARTS) is 1. The SMILES string of the molecule is Cc1ncsc1/C=C(/C#N)C(=O)Nc1ccc(C(=O)O)cc1. The van der Waals surface area contributed by atoms with Gasteiger partial charge in [-0.2, -0.15) is 5.26 Å². The Morgan fingerprint density at radius 1 is 1.36 bits per heavy atom. The fourth-order valence-electron chi connectivity index (χ4n) is 1.62. The second-order valence-electron chi connectivity index (χ2n) is 4.31. The van der Waals surface area contributed by atoms with Gasteiger partial charge in [0.25, 0.3) is 5.91 Å². The van der Waals surface area contributed by atoms with Gasteiger partial charge in [-0.25, -0.2) is 9.78 Å². The van der Waals surface area contributed by atoms with Crippen LogP contribution in [0.25, 0.3) is 6.08 Å². The topological polar surface area (TPSA) is 103 Å². The molecule has 0 aliphatic rings. The summed E-state index contributed by atoms with van der Waals surface area (Å²) in [6.07, 6.45) is 1.48. The van der Waals surface area contributed by atoms with Gasteiger partial charge in [0.05, 0.1) is 21.6 Å². The van der Waals surface area contributed by atoms with Crippen molar-refractivity contribution >= 4 is 35.0 Å². The van der Waals surface area contributed by atoms with Crippen LogP contribution in [0.3, 0.4) is 0 Å². The molecule has 6 nitrogen and oxygen atoms in total. The van der Waals surface area contributed by atoms with Crippen LogP contribution in [0, 0.1) is 18.3 Å². The lowest BCUT2D eigenvalue weighted by Crippen LogP contribution is -2.13. The molecule has 0 fully saturated rings. The Hall–Kier alpha value is -2.98. The number of anilines is 1. The fourth-order valence-corrected chi connectivity index (χ4v) is 2.36. The number of hydrogen-bond donors (Lipinski definition) is 2. The zero-order chi connectivity index (χ0) is 16.1. The maximum atomic E-state index is 12.1. The van der Waals surface area contributed by atoms with E-state index in [1.54, 1.807) is 12.4 Å². The average molecular weight is 313 g/mol. The van der Waals surface area contributed by atoms with Crippen molar-refractivity contribution in [1.82, 2.24) is 4.98 Å². The highest BCUT2D eigenvalue weighted by Gasteiger charge is 2.11. The number of hydrogen-bond acceptors (Lipinski definition) is 5. The van der Waals surface area contributed by atoms with Gasteiger partial charge < -0.3 is 10.4 Å². The number of rotatable bonds is 4. The molecule has 2 aromatic rings. The van der Waals surface area contributed by atoms with Gasteiger partial charge in [0.1, 0.15) is 11.6 Å². The molecule has 1 aromatic heterocycles. The van der Waals surface area contributed by atoms with Crippen LogP contribution in [0.4, 0.5) is 5.69 Å². The molecule has 110 valence electrons. The van der Waals surface area contributed by atoms with E-state index < -0.39 is 11.9 Å². The Bertz CT molecular complexity index is 785. The zero-order valence-electron chi connectivity index (χ0n) is 11.5. The Balaban J connectivity index is 2.16. The van der Waals surface area contributed by atoms with Gasteiger partial charge in [0, 0.05) is 5.69 Å². The Morgan fingerprint density at radius 2 is 2.05 bits per heavy atom. The van der Waals surface area contributed by atoms with Crippen LogP contribution < -0.4 is 5.32 Å². The maximum Gasteiger partial charge on any atom is 0.335 e. The van der Waals surface area contributed by atoms with Crippen molar-refractivity contribution < 1.29 is 14.7 Å². The average Bonchev–Trinajstić information content (AvgIpc) is 2.90. The number of amides is 1. The lowest BCUT2D eigenvalue weighted by Gasteiger charge is -2.04. The summed E-state index contributed by atoms with van der Waals surface area (Å²) < 4.78 is 0. The van der Waals surface area contributed by atoms with Crippen LogP contribution in [0.2, 0.25) is 0 Å². The summed E-state index contributed by atoms with van der Waals surface area (Å²) >= 11 is 1.34. The van der Waals surface area contributed by atoms with Crippen molar-refractivity contribution in [3.8, 4) is 6.07 Å². The van der Waals surface area contributed by atoms with E-state index in [1.807, 2.05) is 6.07 Å². The summed E-state index contributed by atoms with van der Waals surface area (Å²) in [5.74, 6) is -1.60. The molecule has 2 rings (SSSR count). The molecule has 0 saturated heterocycles. The second kappa shape index (κ2) is 6.65. The quantitative estimate of drug-likeness (QED) is 0.667. The number of nitriles is 1. The van der Waals surface area contributed by atoms with E-state index >= 15 is 0 Å². The van der Waals surface area contributed by atoms with E-state index in [0.717, 1.165) is 10.6 Å². The van der Waals surface area contributed by atoms with Crippen LogP contribution in [-0.2, 0) is 4.79 Å². The van der Waals surface area contributed by atoms with Crippen molar-refractivity contribution in [3.05, 3.63) is 51.5 Å². The van der Waals surface area contributed by atoms with Gasteiger partial charge >= 0.3 is 5.97 Å². The Labute approximate surface area is 130 Å². The number of carbonyl (C=O) groups excluding carboxylic acids is 1. The van der Waals surface area contributed by atoms with Gasteiger partial charge in [0.2, 0.25) is 0 Å². The number of carboxylic acids is 1. The highest BCUT2D eigenvalue weighted by molar-refractivity contribution is 7.10. The van der Waals surface area contributed by atoms with Gasteiger partial charge in [-0.05, 0) is 37.3 Å². The normalized spacial score (nSPS) is 10.8. The van der Waals surface area contributed by atoms with E-state index in [2.05, 4.69) is 10.3 Å². The molecule has 1 aromatic carbocycles. The number of aromatic nitrogens is 1. The van der Waals surface area contributed by atoms with Gasteiger partial charge in [-0.15, -0.1) is 11.3 Å². The number of nitrogens with zero attached hydrogens (tertiary/aromatic N) is 2. The summed E-state index contributed by atoms with van der Waals surface area (Å²) in [6, 6.07) is 7.54. The highest BCUT2D eigenvalue weighted by atomic mass is 32.1. The molecule has 0 radical (unpaired) electrons.